The van der Waals surface area contributed by atoms with E-state index in [1.54, 1.807) is 0 Å². The van der Waals surface area contributed by atoms with Crippen LogP contribution in [0, 0.1) is 35.5 Å². The lowest BCUT2D eigenvalue weighted by molar-refractivity contribution is -0.158. The fourth-order valence-corrected chi connectivity index (χ4v) is 8.88. The van der Waals surface area contributed by atoms with Gasteiger partial charge in [0.2, 0.25) is 0 Å². The number of hydrogen-bond donors (Lipinski definition) is 2. The number of halogens is 6. The Kier molecular flexibility index (Phi) is 3.58. The Bertz CT molecular complexity index is 666. The monoisotopic (exact) mass is 452 g/mol. The van der Waals surface area contributed by atoms with Gasteiger partial charge in [-0.25, -0.2) is 0 Å². The van der Waals surface area contributed by atoms with Gasteiger partial charge in [0.25, 0.3) is 0 Å². The molecule has 0 saturated heterocycles. The lowest BCUT2D eigenvalue weighted by Crippen LogP contribution is -2.49. The number of aliphatic carboxylic acids is 2. The van der Waals surface area contributed by atoms with E-state index in [0.717, 1.165) is 0 Å². The van der Waals surface area contributed by atoms with E-state index in [4.69, 9.17) is 69.6 Å². The van der Waals surface area contributed by atoms with E-state index in [1.807, 2.05) is 0 Å². The van der Waals surface area contributed by atoms with Crippen LogP contribution in [0.2, 0.25) is 0 Å². The Labute approximate surface area is 167 Å². The van der Waals surface area contributed by atoms with E-state index in [-0.39, 0.29) is 10.1 Å². The van der Waals surface area contributed by atoms with Crippen LogP contribution in [-0.4, -0.2) is 36.2 Å². The molecule has 0 aliphatic heterocycles. The molecule has 4 aliphatic carbocycles. The summed E-state index contributed by atoms with van der Waals surface area (Å²) in [6, 6.07) is 0. The minimum absolute atomic E-state index is 0.0237. The van der Waals surface area contributed by atoms with Crippen molar-refractivity contribution in [2.24, 2.45) is 35.5 Å². The average Bonchev–Trinajstić information content (AvgIpc) is 3.11. The molecule has 3 saturated carbocycles. The topological polar surface area (TPSA) is 74.6 Å². The SMILES string of the molecule is O=C(O)[C@@H]1[C@H]2C[C@@H]([C@H]1C(=O)O)[C@@H]1[C@@H]2[C@]2(Cl)C(Cl)=C(Cl)[C@]1(Cl)C2(Cl)Cl. The van der Waals surface area contributed by atoms with Gasteiger partial charge in [0, 0.05) is 0 Å². The Hall–Kier alpha value is 0.420. The van der Waals surface area contributed by atoms with Crippen LogP contribution in [-0.2, 0) is 9.59 Å². The summed E-state index contributed by atoms with van der Waals surface area (Å²) in [7, 11) is 0. The highest BCUT2D eigenvalue weighted by Gasteiger charge is 2.88. The molecule has 3 fully saturated rings. The van der Waals surface area contributed by atoms with Crippen molar-refractivity contribution in [1.82, 2.24) is 0 Å². The van der Waals surface area contributed by atoms with E-state index in [1.165, 1.54) is 0 Å². The summed E-state index contributed by atoms with van der Waals surface area (Å²) in [5.74, 6) is -6.71. The van der Waals surface area contributed by atoms with E-state index in [2.05, 4.69) is 0 Å². The first-order chi connectivity index (χ1) is 10.9. The molecular weight excluding hydrogens is 445 g/mol. The zero-order valence-electron chi connectivity index (χ0n) is 11.6. The molecule has 10 heteroatoms. The summed E-state index contributed by atoms with van der Waals surface area (Å²) in [4.78, 5) is 20.4. The summed E-state index contributed by atoms with van der Waals surface area (Å²) in [5, 5.41) is 19.2. The van der Waals surface area contributed by atoms with Crippen LogP contribution in [0.3, 0.4) is 0 Å². The minimum Gasteiger partial charge on any atom is -0.481 e. The zero-order chi connectivity index (χ0) is 18.0. The lowest BCUT2D eigenvalue weighted by Gasteiger charge is -2.43. The number of alkyl halides is 4. The smallest absolute Gasteiger partial charge is 0.307 e. The second kappa shape index (κ2) is 4.82. The molecule has 24 heavy (non-hydrogen) atoms. The van der Waals surface area contributed by atoms with Crippen molar-refractivity contribution in [3.63, 3.8) is 0 Å². The van der Waals surface area contributed by atoms with Gasteiger partial charge in [-0.2, -0.15) is 0 Å². The second-order valence-electron chi connectivity index (χ2n) is 6.97. The van der Waals surface area contributed by atoms with Gasteiger partial charge in [-0.15, -0.1) is 23.2 Å². The van der Waals surface area contributed by atoms with Crippen LogP contribution in [0.15, 0.2) is 10.1 Å². The lowest BCUT2D eigenvalue weighted by atomic mass is 9.64. The minimum atomic E-state index is -1.76. The molecule has 0 aromatic carbocycles. The van der Waals surface area contributed by atoms with E-state index < -0.39 is 61.5 Å². The highest BCUT2D eigenvalue weighted by atomic mass is 35.5. The van der Waals surface area contributed by atoms with Crippen LogP contribution >= 0.6 is 69.6 Å². The highest BCUT2D eigenvalue weighted by Crippen LogP contribution is 2.83. The van der Waals surface area contributed by atoms with Crippen molar-refractivity contribution in [1.29, 1.82) is 0 Å². The maximum Gasteiger partial charge on any atom is 0.307 e. The zero-order valence-corrected chi connectivity index (χ0v) is 16.2. The molecule has 0 unspecified atom stereocenters. The fourth-order valence-electron chi connectivity index (χ4n) is 5.74. The van der Waals surface area contributed by atoms with E-state index in [9.17, 15) is 19.8 Å². The van der Waals surface area contributed by atoms with Crippen molar-refractivity contribution < 1.29 is 19.8 Å². The number of carbonyl (C=O) groups is 2. The Morgan fingerprint density at radius 1 is 0.833 bits per heavy atom. The molecule has 4 aliphatic rings. The number of carboxylic acids is 2. The number of carboxylic acid groups (broad SMARTS) is 2. The molecule has 4 bridgehead atoms. The third-order valence-electron chi connectivity index (χ3n) is 6.40. The molecule has 4 nitrogen and oxygen atoms in total. The van der Waals surface area contributed by atoms with Crippen LogP contribution < -0.4 is 0 Å². The van der Waals surface area contributed by atoms with Gasteiger partial charge < -0.3 is 10.2 Å². The van der Waals surface area contributed by atoms with Crippen LogP contribution in [0.5, 0.6) is 0 Å². The molecule has 0 radical (unpaired) electrons. The quantitative estimate of drug-likeness (QED) is 0.486. The molecule has 0 aromatic heterocycles. The van der Waals surface area contributed by atoms with E-state index >= 15 is 0 Å². The Morgan fingerprint density at radius 2 is 1.17 bits per heavy atom. The van der Waals surface area contributed by atoms with Gasteiger partial charge in [-0.05, 0) is 30.1 Å². The molecule has 0 spiro atoms. The molecule has 2 N–H and O–H groups in total. The summed E-state index contributed by atoms with van der Waals surface area (Å²) in [6.45, 7) is 0. The first kappa shape index (κ1) is 17.8. The van der Waals surface area contributed by atoms with Crippen molar-refractivity contribution in [2.75, 3.05) is 0 Å². The van der Waals surface area contributed by atoms with E-state index in [0.29, 0.717) is 6.42 Å². The van der Waals surface area contributed by atoms with Crippen molar-refractivity contribution >= 4 is 81.5 Å². The molecule has 8 atom stereocenters. The van der Waals surface area contributed by atoms with Crippen molar-refractivity contribution in [3.8, 4) is 0 Å². The summed E-state index contributed by atoms with van der Waals surface area (Å²) >= 11 is 39.1. The second-order valence-corrected chi connectivity index (χ2v) is 10.2. The first-order valence-corrected chi connectivity index (χ1v) is 9.48. The largest absolute Gasteiger partial charge is 0.481 e. The predicted octanol–water partition coefficient (Wildman–Crippen LogP) is 4.12. The normalized spacial score (nSPS) is 53.6. The maximum absolute atomic E-state index is 11.7. The average molecular weight is 455 g/mol. The molecule has 4 rings (SSSR count). The molecule has 0 amide bonds. The number of fused-ring (bicyclic) bond motifs is 9. The van der Waals surface area contributed by atoms with Crippen molar-refractivity contribution in [3.05, 3.63) is 10.1 Å². The van der Waals surface area contributed by atoms with Gasteiger partial charge in [0.1, 0.15) is 9.75 Å². The summed E-state index contributed by atoms with van der Waals surface area (Å²) < 4.78 is -1.76. The van der Waals surface area contributed by atoms with Crippen LogP contribution in [0.25, 0.3) is 0 Å². The number of rotatable bonds is 2. The fraction of sp³-hybridized carbons (Fsp3) is 0.714. The number of hydrogen-bond acceptors (Lipinski definition) is 2. The predicted molar refractivity (Wildman–Crippen MR) is 91.2 cm³/mol. The Morgan fingerprint density at radius 3 is 1.46 bits per heavy atom. The van der Waals surface area contributed by atoms with Crippen LogP contribution in [0.4, 0.5) is 0 Å². The van der Waals surface area contributed by atoms with Gasteiger partial charge in [-0.1, -0.05) is 46.4 Å². The van der Waals surface area contributed by atoms with Crippen LogP contribution in [0.1, 0.15) is 6.42 Å². The molecule has 0 heterocycles. The third kappa shape index (κ3) is 1.51. The van der Waals surface area contributed by atoms with Crippen molar-refractivity contribution in [2.45, 2.75) is 20.5 Å². The van der Waals surface area contributed by atoms with Gasteiger partial charge in [0.15, 0.2) is 4.33 Å². The highest BCUT2D eigenvalue weighted by molar-refractivity contribution is 6.65. The molecule has 0 aromatic rings. The van der Waals surface area contributed by atoms with Gasteiger partial charge in [-0.3, -0.25) is 9.59 Å². The molecule has 132 valence electrons. The number of allylic oxidation sites excluding steroid dienone is 2. The summed E-state index contributed by atoms with van der Waals surface area (Å²) in [6.07, 6.45) is 0.365. The third-order valence-corrected chi connectivity index (χ3v) is 10.7. The first-order valence-electron chi connectivity index (χ1n) is 7.21. The standard InChI is InChI=1S/C14H10Cl6O4/c15-8-9(16)13(18)7-3-1-2(4(10(21)22)5(3)11(23)24)6(7)12(8,17)14(13,19)20/h2-7H,1H2,(H,21,22)(H,23,24)/t2-,3+,4-,5-,6-,7-,12+,13+/m1/s1. The van der Waals surface area contributed by atoms with Gasteiger partial charge in [0.05, 0.1) is 21.9 Å². The maximum atomic E-state index is 11.7. The molecular formula is C14H10Cl6O4. The summed E-state index contributed by atoms with van der Waals surface area (Å²) in [5.41, 5.74) is 0. The Balaban J connectivity index is 1.94. The van der Waals surface area contributed by atoms with Gasteiger partial charge >= 0.3 is 11.9 Å².